The van der Waals surface area contributed by atoms with Gasteiger partial charge in [-0.3, -0.25) is 4.79 Å². The summed E-state index contributed by atoms with van der Waals surface area (Å²) in [6.07, 6.45) is 8.92. The van der Waals surface area contributed by atoms with Gasteiger partial charge in [0.2, 0.25) is 5.91 Å². The van der Waals surface area contributed by atoms with Crippen LogP contribution < -0.4 is 16.4 Å². The smallest absolute Gasteiger partial charge is 0.219 e. The third-order valence-corrected chi connectivity index (χ3v) is 5.88. The Morgan fingerprint density at radius 2 is 2.07 bits per heavy atom. The van der Waals surface area contributed by atoms with E-state index in [0.29, 0.717) is 53.5 Å². The zero-order valence-electron chi connectivity index (χ0n) is 16.1. The van der Waals surface area contributed by atoms with Crippen molar-refractivity contribution in [3.63, 3.8) is 0 Å². The average molecular weight is 397 g/mol. The molecule has 0 radical (unpaired) electrons. The van der Waals surface area contributed by atoms with Gasteiger partial charge in [-0.05, 0) is 18.4 Å². The molecule has 0 bridgehead atoms. The monoisotopic (exact) mass is 396 g/mol. The molecule has 1 heterocycles. The number of amides is 1. The van der Waals surface area contributed by atoms with Crippen LogP contribution in [0.2, 0.25) is 0 Å². The van der Waals surface area contributed by atoms with Crippen LogP contribution in [0.4, 0.5) is 5.82 Å². The number of allylic oxidation sites excluding steroid dienone is 3. The number of anilines is 1. The summed E-state index contributed by atoms with van der Waals surface area (Å²) in [5, 5.41) is 20.0. The minimum atomic E-state index is -0.609. The molecule has 0 aromatic carbocycles. The number of primary amides is 1. The molecule has 0 fully saturated rings. The van der Waals surface area contributed by atoms with Crippen molar-refractivity contribution in [2.75, 3.05) is 25.0 Å². The highest BCUT2D eigenvalue weighted by molar-refractivity contribution is 8.00. The van der Waals surface area contributed by atoms with E-state index < -0.39 is 10.7 Å². The van der Waals surface area contributed by atoms with Crippen molar-refractivity contribution in [2.24, 2.45) is 11.5 Å². The Bertz CT molecular complexity index is 895. The van der Waals surface area contributed by atoms with E-state index in [0.717, 1.165) is 0 Å². The van der Waals surface area contributed by atoms with Crippen LogP contribution in [0.3, 0.4) is 0 Å². The largest absolute Gasteiger partial charge is 0.370 e. The van der Waals surface area contributed by atoms with E-state index in [1.807, 2.05) is 43.2 Å². The number of pyridine rings is 1. The summed E-state index contributed by atoms with van der Waals surface area (Å²) in [4.78, 5) is 18.2. The van der Waals surface area contributed by atoms with Gasteiger partial charge in [0.15, 0.2) is 0 Å². The number of carbonyl (C=O) groups is 1. The minimum absolute atomic E-state index is 0.125. The Balaban J connectivity index is 2.65. The van der Waals surface area contributed by atoms with E-state index >= 15 is 0 Å². The van der Waals surface area contributed by atoms with Crippen LogP contribution in [0, 0.1) is 22.7 Å². The second kappa shape index (κ2) is 9.41. The van der Waals surface area contributed by atoms with Gasteiger partial charge in [0, 0.05) is 26.6 Å². The van der Waals surface area contributed by atoms with E-state index in [1.54, 1.807) is 0 Å². The summed E-state index contributed by atoms with van der Waals surface area (Å²) in [5.41, 5.74) is 12.6. The first-order valence-electron chi connectivity index (χ1n) is 9.01. The van der Waals surface area contributed by atoms with Gasteiger partial charge < -0.3 is 16.4 Å². The van der Waals surface area contributed by atoms with Crippen molar-refractivity contribution in [1.29, 1.82) is 10.5 Å². The summed E-state index contributed by atoms with van der Waals surface area (Å²) < 4.78 is -0.609. The molecule has 1 unspecified atom stereocenters. The van der Waals surface area contributed by atoms with Crippen molar-refractivity contribution in [1.82, 2.24) is 4.98 Å². The Morgan fingerprint density at radius 3 is 2.57 bits per heavy atom. The highest BCUT2D eigenvalue weighted by Gasteiger charge is 2.34. The number of aromatic nitrogens is 1. The van der Waals surface area contributed by atoms with Crippen LogP contribution in [-0.2, 0) is 11.2 Å². The van der Waals surface area contributed by atoms with Gasteiger partial charge in [-0.1, -0.05) is 43.0 Å². The van der Waals surface area contributed by atoms with E-state index in [4.69, 9.17) is 11.5 Å². The fourth-order valence-corrected chi connectivity index (χ4v) is 4.54. The summed E-state index contributed by atoms with van der Waals surface area (Å²) in [6, 6.07) is 4.41. The highest BCUT2D eigenvalue weighted by Crippen LogP contribution is 2.43. The molecule has 1 aliphatic carbocycles. The molecule has 8 heteroatoms. The summed E-state index contributed by atoms with van der Waals surface area (Å²) in [5.74, 6) is 0.0756. The van der Waals surface area contributed by atoms with Gasteiger partial charge in [-0.2, -0.15) is 10.5 Å². The molecule has 0 saturated heterocycles. The second-order valence-electron chi connectivity index (χ2n) is 6.56. The molecule has 1 atom stereocenters. The number of nitrogens with two attached hydrogens (primary N) is 2. The second-order valence-corrected chi connectivity index (χ2v) is 7.96. The van der Waals surface area contributed by atoms with Gasteiger partial charge in [0.25, 0.3) is 0 Å². The van der Waals surface area contributed by atoms with E-state index in [-0.39, 0.29) is 6.42 Å². The Morgan fingerprint density at radius 1 is 1.36 bits per heavy atom. The molecule has 4 N–H and O–H groups in total. The lowest BCUT2D eigenvalue weighted by atomic mass is 9.96. The number of thioether (sulfide) groups is 1. The SMILES string of the molecule is CCc1c(C#N)c(SC2(CC(N)=O)C=CC=CC2)nc(N(C)CCN)c1C#N. The molecule has 0 saturated carbocycles. The van der Waals surface area contributed by atoms with Crippen LogP contribution in [0.5, 0.6) is 0 Å². The van der Waals surface area contributed by atoms with Gasteiger partial charge in [0.05, 0.1) is 15.9 Å². The first kappa shape index (κ1) is 21.5. The molecule has 1 amide bonds. The number of nitriles is 2. The van der Waals surface area contributed by atoms with Crippen molar-refractivity contribution in [2.45, 2.75) is 36.0 Å². The van der Waals surface area contributed by atoms with E-state index in [9.17, 15) is 15.3 Å². The Kier molecular flexibility index (Phi) is 7.22. The molecule has 0 spiro atoms. The lowest BCUT2D eigenvalue weighted by Crippen LogP contribution is -2.31. The predicted molar refractivity (Wildman–Crippen MR) is 111 cm³/mol. The van der Waals surface area contributed by atoms with Crippen molar-refractivity contribution in [3.8, 4) is 12.1 Å². The topological polar surface area (TPSA) is 133 Å². The molecular weight excluding hydrogens is 372 g/mol. The number of rotatable bonds is 8. The lowest BCUT2D eigenvalue weighted by molar-refractivity contribution is -0.118. The Hall–Kier alpha value is -2.81. The zero-order valence-corrected chi connectivity index (χ0v) is 16.9. The quantitative estimate of drug-likeness (QED) is 0.686. The summed E-state index contributed by atoms with van der Waals surface area (Å²) in [7, 11) is 1.82. The first-order chi connectivity index (χ1) is 13.4. The fourth-order valence-electron chi connectivity index (χ4n) is 3.21. The highest BCUT2D eigenvalue weighted by atomic mass is 32.2. The number of carbonyl (C=O) groups excluding carboxylic acids is 1. The van der Waals surface area contributed by atoms with E-state index in [1.165, 1.54) is 11.8 Å². The van der Waals surface area contributed by atoms with Crippen LogP contribution in [0.1, 0.15) is 36.5 Å². The first-order valence-corrected chi connectivity index (χ1v) is 9.83. The normalized spacial score (nSPS) is 17.8. The van der Waals surface area contributed by atoms with Gasteiger partial charge in [0.1, 0.15) is 23.0 Å². The minimum Gasteiger partial charge on any atom is -0.370 e. The predicted octanol–water partition coefficient (Wildman–Crippen LogP) is 2.00. The lowest BCUT2D eigenvalue weighted by Gasteiger charge is -2.30. The van der Waals surface area contributed by atoms with Gasteiger partial charge >= 0.3 is 0 Å². The number of hydrogen-bond acceptors (Lipinski definition) is 7. The zero-order chi connectivity index (χ0) is 20.7. The van der Waals surface area contributed by atoms with Crippen molar-refractivity contribution >= 4 is 23.5 Å². The molecule has 1 aromatic rings. The van der Waals surface area contributed by atoms with Crippen LogP contribution in [0.15, 0.2) is 29.3 Å². The summed E-state index contributed by atoms with van der Waals surface area (Å²) >= 11 is 1.35. The molecule has 28 heavy (non-hydrogen) atoms. The average Bonchev–Trinajstić information content (AvgIpc) is 2.67. The molecule has 1 aliphatic rings. The number of hydrogen-bond donors (Lipinski definition) is 2. The number of likely N-dealkylation sites (N-methyl/N-ethyl adjacent to an activating group) is 1. The van der Waals surface area contributed by atoms with Gasteiger partial charge in [-0.15, -0.1) is 0 Å². The van der Waals surface area contributed by atoms with Gasteiger partial charge in [-0.25, -0.2) is 4.98 Å². The van der Waals surface area contributed by atoms with Crippen LogP contribution >= 0.6 is 11.8 Å². The van der Waals surface area contributed by atoms with Crippen molar-refractivity contribution in [3.05, 3.63) is 41.0 Å². The molecule has 2 rings (SSSR count). The van der Waals surface area contributed by atoms with Crippen molar-refractivity contribution < 1.29 is 4.79 Å². The third-order valence-electron chi connectivity index (χ3n) is 4.54. The number of nitrogens with zero attached hydrogens (tertiary/aromatic N) is 4. The maximum absolute atomic E-state index is 11.7. The van der Waals surface area contributed by atoms with Crippen LogP contribution in [-0.4, -0.2) is 35.8 Å². The maximum atomic E-state index is 11.7. The molecule has 1 aromatic heterocycles. The fraction of sp³-hybridized carbons (Fsp3) is 0.400. The molecule has 7 nitrogen and oxygen atoms in total. The van der Waals surface area contributed by atoms with Crippen LogP contribution in [0.25, 0.3) is 0 Å². The Labute approximate surface area is 169 Å². The molecule has 0 aliphatic heterocycles. The standard InChI is InChI=1S/C20H24N6OS/c1-3-14-15(12-22)18(26(2)10-9-21)25-19(16(14)13-23)28-20(11-17(24)27)7-5-4-6-8-20/h4-7H,3,8-11,21H2,1-2H3,(H2,24,27). The molecular formula is C20H24N6OS. The van der Waals surface area contributed by atoms with E-state index in [2.05, 4.69) is 17.1 Å². The molecule has 146 valence electrons. The maximum Gasteiger partial charge on any atom is 0.219 e. The summed E-state index contributed by atoms with van der Waals surface area (Å²) in [6.45, 7) is 2.84. The third kappa shape index (κ3) is 4.53.